The van der Waals surface area contributed by atoms with Gasteiger partial charge in [0.05, 0.1) is 11.0 Å². The Labute approximate surface area is 160 Å². The van der Waals surface area contributed by atoms with Gasteiger partial charge in [0.2, 0.25) is 0 Å². The van der Waals surface area contributed by atoms with Crippen molar-refractivity contribution in [3.8, 4) is 11.1 Å². The minimum Gasteiger partial charge on any atom is -0.354 e. The first-order valence-electron chi connectivity index (χ1n) is 9.01. The minimum absolute atomic E-state index is 1.03. The largest absolute Gasteiger partial charge is 0.354 e. The van der Waals surface area contributed by atoms with Gasteiger partial charge in [-0.1, -0.05) is 60.7 Å². The van der Waals surface area contributed by atoms with E-state index in [1.165, 1.54) is 32.7 Å². The fourth-order valence-electron chi connectivity index (χ4n) is 4.32. The highest BCUT2D eigenvalue weighted by atomic mass is 35.5. The van der Waals surface area contributed by atoms with Gasteiger partial charge >= 0.3 is 0 Å². The molecular formula is C24H15ClN2. The van der Waals surface area contributed by atoms with Gasteiger partial charge in [0.15, 0.2) is 0 Å². The third kappa shape index (κ3) is 1.96. The molecule has 128 valence electrons. The molecule has 6 aromatic rings. The summed E-state index contributed by atoms with van der Waals surface area (Å²) in [6.07, 6.45) is 0. The van der Waals surface area contributed by atoms with Gasteiger partial charge in [0, 0.05) is 44.4 Å². The zero-order valence-electron chi connectivity index (χ0n) is 14.4. The van der Waals surface area contributed by atoms with Crippen molar-refractivity contribution >= 4 is 55.4 Å². The van der Waals surface area contributed by atoms with Crippen LogP contribution in [0, 0.1) is 0 Å². The molecule has 4 aromatic carbocycles. The van der Waals surface area contributed by atoms with Gasteiger partial charge in [-0.3, -0.25) is 4.09 Å². The van der Waals surface area contributed by atoms with Gasteiger partial charge < -0.3 is 4.98 Å². The van der Waals surface area contributed by atoms with Crippen LogP contribution in [-0.2, 0) is 0 Å². The van der Waals surface area contributed by atoms with Crippen molar-refractivity contribution in [3.05, 3.63) is 84.9 Å². The van der Waals surface area contributed by atoms with Crippen molar-refractivity contribution in [1.82, 2.24) is 9.07 Å². The number of rotatable bonds is 1. The number of hydrogen-bond donors (Lipinski definition) is 1. The van der Waals surface area contributed by atoms with Crippen molar-refractivity contribution in [2.24, 2.45) is 0 Å². The molecule has 2 heterocycles. The smallest absolute Gasteiger partial charge is 0.0667 e. The highest BCUT2D eigenvalue weighted by Gasteiger charge is 2.16. The van der Waals surface area contributed by atoms with E-state index >= 15 is 0 Å². The van der Waals surface area contributed by atoms with Crippen molar-refractivity contribution in [3.63, 3.8) is 0 Å². The minimum atomic E-state index is 1.03. The zero-order chi connectivity index (χ0) is 18.0. The van der Waals surface area contributed by atoms with Gasteiger partial charge in [-0.05, 0) is 35.4 Å². The number of H-pyrrole nitrogens is 1. The van der Waals surface area contributed by atoms with E-state index in [2.05, 4.69) is 83.8 Å². The number of para-hydroxylation sites is 2. The lowest BCUT2D eigenvalue weighted by molar-refractivity contribution is 1.40. The molecule has 2 nitrogen and oxygen atoms in total. The Hall–Kier alpha value is -3.23. The maximum absolute atomic E-state index is 6.65. The molecule has 0 fully saturated rings. The number of halogens is 1. The van der Waals surface area contributed by atoms with Gasteiger partial charge in [0.1, 0.15) is 0 Å². The standard InChI is InChI=1S/C24H15ClN2/c25-27-21-13-4-2-8-18(21)24-16(10-6-14-22(24)27)15-9-5-12-20-23(15)17-7-1-3-11-19(17)26-20/h1-14,26H. The highest BCUT2D eigenvalue weighted by molar-refractivity contribution is 6.29. The van der Waals surface area contributed by atoms with Crippen LogP contribution >= 0.6 is 11.8 Å². The van der Waals surface area contributed by atoms with Gasteiger partial charge in [-0.15, -0.1) is 0 Å². The van der Waals surface area contributed by atoms with Crippen molar-refractivity contribution in [2.75, 3.05) is 0 Å². The van der Waals surface area contributed by atoms with Gasteiger partial charge in [-0.2, -0.15) is 0 Å². The van der Waals surface area contributed by atoms with E-state index in [9.17, 15) is 0 Å². The van der Waals surface area contributed by atoms with Crippen molar-refractivity contribution < 1.29 is 0 Å². The summed E-state index contributed by atoms with van der Waals surface area (Å²) in [5.41, 5.74) is 6.81. The SMILES string of the molecule is Cln1c2ccccc2c2c(-c3cccc4[nH]c5ccccc5c34)cccc21. The molecule has 27 heavy (non-hydrogen) atoms. The molecule has 0 aliphatic rings. The first kappa shape index (κ1) is 14.9. The maximum atomic E-state index is 6.65. The van der Waals surface area contributed by atoms with Crippen LogP contribution in [0.5, 0.6) is 0 Å². The first-order chi connectivity index (χ1) is 13.3. The fraction of sp³-hybridized carbons (Fsp3) is 0. The molecule has 1 N–H and O–H groups in total. The molecule has 3 heteroatoms. The molecule has 0 atom stereocenters. The average Bonchev–Trinajstić information content (AvgIpc) is 3.24. The summed E-state index contributed by atoms with van der Waals surface area (Å²) in [6.45, 7) is 0. The van der Waals surface area contributed by atoms with Crippen molar-refractivity contribution in [1.29, 1.82) is 0 Å². The summed E-state index contributed by atoms with van der Waals surface area (Å²) < 4.78 is 1.77. The Balaban J connectivity index is 1.83. The van der Waals surface area contributed by atoms with Crippen LogP contribution in [-0.4, -0.2) is 9.07 Å². The van der Waals surface area contributed by atoms with Gasteiger partial charge in [-0.25, -0.2) is 0 Å². The molecule has 0 aliphatic heterocycles. The molecule has 0 aliphatic carbocycles. The number of fused-ring (bicyclic) bond motifs is 6. The van der Waals surface area contributed by atoms with E-state index in [-0.39, 0.29) is 0 Å². The maximum Gasteiger partial charge on any atom is 0.0667 e. The molecule has 0 radical (unpaired) electrons. The molecule has 0 amide bonds. The topological polar surface area (TPSA) is 20.7 Å². The molecule has 2 aromatic heterocycles. The Morgan fingerprint density at radius 2 is 1.19 bits per heavy atom. The normalized spacial score (nSPS) is 11.9. The lowest BCUT2D eigenvalue weighted by Crippen LogP contribution is -1.83. The van der Waals surface area contributed by atoms with Crippen LogP contribution in [0.25, 0.3) is 54.7 Å². The van der Waals surface area contributed by atoms with Crippen LogP contribution in [0.3, 0.4) is 0 Å². The summed E-state index contributed by atoms with van der Waals surface area (Å²) in [6, 6.07) is 29.6. The first-order valence-corrected chi connectivity index (χ1v) is 9.35. The third-order valence-corrected chi connectivity index (χ3v) is 5.82. The van der Waals surface area contributed by atoms with Crippen LogP contribution in [0.1, 0.15) is 0 Å². The lowest BCUT2D eigenvalue weighted by Gasteiger charge is -2.07. The predicted octanol–water partition coefficient (Wildman–Crippen LogP) is 7.10. The van der Waals surface area contributed by atoms with Crippen LogP contribution in [0.4, 0.5) is 0 Å². The Kier molecular flexibility index (Phi) is 2.97. The molecule has 0 saturated carbocycles. The van der Waals surface area contributed by atoms with E-state index in [1.807, 2.05) is 6.07 Å². The summed E-state index contributed by atoms with van der Waals surface area (Å²) in [7, 11) is 0. The van der Waals surface area contributed by atoms with E-state index in [0.29, 0.717) is 0 Å². The van der Waals surface area contributed by atoms with Gasteiger partial charge in [0.25, 0.3) is 0 Å². The second kappa shape index (κ2) is 5.38. The zero-order valence-corrected chi connectivity index (χ0v) is 15.2. The molecule has 0 spiro atoms. The number of hydrogen-bond acceptors (Lipinski definition) is 0. The Bertz CT molecular complexity index is 1490. The molecule has 6 rings (SSSR count). The average molecular weight is 367 g/mol. The third-order valence-electron chi connectivity index (χ3n) is 5.46. The molecular weight excluding hydrogens is 352 g/mol. The summed E-state index contributed by atoms with van der Waals surface area (Å²) >= 11 is 6.65. The molecule has 0 unspecified atom stereocenters. The lowest BCUT2D eigenvalue weighted by atomic mass is 9.95. The molecule has 0 saturated heterocycles. The van der Waals surface area contributed by atoms with Crippen LogP contribution in [0.2, 0.25) is 0 Å². The van der Waals surface area contributed by atoms with Crippen LogP contribution in [0.15, 0.2) is 84.9 Å². The Morgan fingerprint density at radius 3 is 2.07 bits per heavy atom. The van der Waals surface area contributed by atoms with E-state index in [1.54, 1.807) is 4.09 Å². The fourth-order valence-corrected chi connectivity index (χ4v) is 4.61. The quantitative estimate of drug-likeness (QED) is 0.320. The predicted molar refractivity (Wildman–Crippen MR) is 115 cm³/mol. The van der Waals surface area contributed by atoms with E-state index < -0.39 is 0 Å². The van der Waals surface area contributed by atoms with E-state index in [0.717, 1.165) is 22.1 Å². The number of aromatic amines is 1. The highest BCUT2D eigenvalue weighted by Crippen LogP contribution is 2.41. The number of aromatic nitrogens is 2. The second-order valence-corrected chi connectivity index (χ2v) is 7.23. The summed E-state index contributed by atoms with van der Waals surface area (Å²) in [5, 5.41) is 4.87. The van der Waals surface area contributed by atoms with Crippen LogP contribution < -0.4 is 0 Å². The number of nitrogens with zero attached hydrogens (tertiary/aromatic N) is 1. The monoisotopic (exact) mass is 366 g/mol. The summed E-state index contributed by atoms with van der Waals surface area (Å²) in [4.78, 5) is 3.55. The van der Waals surface area contributed by atoms with E-state index in [4.69, 9.17) is 11.8 Å². The second-order valence-electron chi connectivity index (χ2n) is 6.90. The molecule has 0 bridgehead atoms. The Morgan fingerprint density at radius 1 is 0.556 bits per heavy atom. The number of benzene rings is 4. The van der Waals surface area contributed by atoms with Crippen molar-refractivity contribution in [2.45, 2.75) is 0 Å². The number of nitrogens with one attached hydrogen (secondary N) is 1. The summed E-state index contributed by atoms with van der Waals surface area (Å²) in [5.74, 6) is 0.